The second-order valence-electron chi connectivity index (χ2n) is 5.69. The summed E-state index contributed by atoms with van der Waals surface area (Å²) in [7, 11) is 0. The van der Waals surface area contributed by atoms with Gasteiger partial charge in [0.2, 0.25) is 6.29 Å². The van der Waals surface area contributed by atoms with E-state index in [2.05, 4.69) is 0 Å². The summed E-state index contributed by atoms with van der Waals surface area (Å²) in [6.07, 6.45) is -1.76. The normalized spacial score (nSPS) is 18.9. The van der Waals surface area contributed by atoms with Crippen LogP contribution in [0.5, 0.6) is 5.75 Å². The molecular weight excluding hydrogens is 265 g/mol. The number of aliphatic hydroxyl groups is 1. The SMILES string of the molecule is CC(C)(C)OC(=O)N1Cc2ccc(F)cc2OC(O)C1. The number of rotatable bonds is 0. The molecule has 0 fully saturated rings. The maximum absolute atomic E-state index is 13.2. The molecule has 0 radical (unpaired) electrons. The molecule has 0 aromatic heterocycles. The van der Waals surface area contributed by atoms with Gasteiger partial charge < -0.3 is 14.6 Å². The third kappa shape index (κ3) is 3.60. The third-order valence-electron chi connectivity index (χ3n) is 2.68. The van der Waals surface area contributed by atoms with E-state index in [1.54, 1.807) is 20.8 Å². The smallest absolute Gasteiger partial charge is 0.410 e. The number of aliphatic hydroxyl groups excluding tert-OH is 1. The van der Waals surface area contributed by atoms with Crippen molar-refractivity contribution >= 4 is 6.09 Å². The molecule has 1 aliphatic rings. The molecule has 2 rings (SSSR count). The molecule has 1 amide bonds. The Balaban J connectivity index is 2.21. The lowest BCUT2D eigenvalue weighted by atomic mass is 10.2. The van der Waals surface area contributed by atoms with Gasteiger partial charge in [-0.25, -0.2) is 9.18 Å². The van der Waals surface area contributed by atoms with Gasteiger partial charge in [-0.2, -0.15) is 0 Å². The Morgan fingerprint density at radius 2 is 2.20 bits per heavy atom. The highest BCUT2D eigenvalue weighted by Crippen LogP contribution is 2.26. The van der Waals surface area contributed by atoms with Crippen LogP contribution >= 0.6 is 0 Å². The molecule has 1 aliphatic heterocycles. The molecule has 6 heteroatoms. The van der Waals surface area contributed by atoms with Crippen molar-refractivity contribution in [2.45, 2.75) is 39.2 Å². The fraction of sp³-hybridized carbons (Fsp3) is 0.500. The van der Waals surface area contributed by atoms with E-state index < -0.39 is 23.8 Å². The summed E-state index contributed by atoms with van der Waals surface area (Å²) in [5.74, 6) is -0.217. The van der Waals surface area contributed by atoms with E-state index in [4.69, 9.17) is 9.47 Å². The Morgan fingerprint density at radius 1 is 1.50 bits per heavy atom. The number of hydrogen-bond donors (Lipinski definition) is 1. The van der Waals surface area contributed by atoms with Gasteiger partial charge in [0.1, 0.15) is 17.2 Å². The largest absolute Gasteiger partial charge is 0.463 e. The summed E-state index contributed by atoms with van der Waals surface area (Å²) in [5, 5.41) is 9.75. The molecule has 1 N–H and O–H groups in total. The molecule has 5 nitrogen and oxygen atoms in total. The lowest BCUT2D eigenvalue weighted by molar-refractivity contribution is -0.0420. The van der Waals surface area contributed by atoms with Crippen molar-refractivity contribution in [2.75, 3.05) is 6.54 Å². The molecule has 0 bridgehead atoms. The van der Waals surface area contributed by atoms with Gasteiger partial charge >= 0.3 is 6.09 Å². The van der Waals surface area contributed by atoms with Gasteiger partial charge in [-0.1, -0.05) is 6.07 Å². The van der Waals surface area contributed by atoms with Crippen LogP contribution < -0.4 is 4.74 Å². The first kappa shape index (κ1) is 14.6. The Labute approximate surface area is 116 Å². The topological polar surface area (TPSA) is 59.0 Å². The molecule has 1 aromatic rings. The zero-order valence-electron chi connectivity index (χ0n) is 11.7. The highest BCUT2D eigenvalue weighted by Gasteiger charge is 2.28. The quantitative estimate of drug-likeness (QED) is 0.793. The monoisotopic (exact) mass is 283 g/mol. The number of benzene rings is 1. The predicted molar refractivity (Wildman–Crippen MR) is 69.7 cm³/mol. The average Bonchev–Trinajstić information content (AvgIpc) is 2.44. The van der Waals surface area contributed by atoms with Crippen LogP contribution in [-0.2, 0) is 11.3 Å². The van der Waals surface area contributed by atoms with Crippen molar-refractivity contribution in [3.05, 3.63) is 29.6 Å². The minimum Gasteiger partial charge on any atom is -0.463 e. The molecule has 1 atom stereocenters. The summed E-state index contributed by atoms with van der Waals surface area (Å²) in [6.45, 7) is 5.45. The molecule has 1 heterocycles. The Morgan fingerprint density at radius 3 is 2.85 bits per heavy atom. The van der Waals surface area contributed by atoms with E-state index in [-0.39, 0.29) is 18.8 Å². The fourth-order valence-electron chi connectivity index (χ4n) is 1.88. The second kappa shape index (κ2) is 5.28. The molecule has 0 aliphatic carbocycles. The van der Waals surface area contributed by atoms with Crippen LogP contribution in [0.2, 0.25) is 0 Å². The number of nitrogens with zero attached hydrogens (tertiary/aromatic N) is 1. The van der Waals surface area contributed by atoms with Crippen molar-refractivity contribution in [1.82, 2.24) is 4.90 Å². The van der Waals surface area contributed by atoms with Crippen LogP contribution in [0.1, 0.15) is 26.3 Å². The van der Waals surface area contributed by atoms with Crippen LogP contribution in [0.3, 0.4) is 0 Å². The number of carbonyl (C=O) groups is 1. The third-order valence-corrected chi connectivity index (χ3v) is 2.68. The molecule has 110 valence electrons. The van der Waals surface area contributed by atoms with Crippen molar-refractivity contribution in [3.8, 4) is 5.75 Å². The molecule has 0 saturated carbocycles. The van der Waals surface area contributed by atoms with E-state index in [1.807, 2.05) is 0 Å². The Hall–Kier alpha value is -1.82. The number of halogens is 1. The van der Waals surface area contributed by atoms with E-state index in [0.717, 1.165) is 0 Å². The van der Waals surface area contributed by atoms with Gasteiger partial charge in [0.25, 0.3) is 0 Å². The minimum absolute atomic E-state index is 0.0365. The summed E-state index contributed by atoms with van der Waals surface area (Å²) in [5.41, 5.74) is -0.00492. The first-order valence-electron chi connectivity index (χ1n) is 6.36. The highest BCUT2D eigenvalue weighted by molar-refractivity contribution is 5.68. The van der Waals surface area contributed by atoms with Gasteiger partial charge in [0.15, 0.2) is 0 Å². The van der Waals surface area contributed by atoms with E-state index in [1.165, 1.54) is 23.1 Å². The van der Waals surface area contributed by atoms with Crippen molar-refractivity contribution < 1.29 is 23.8 Å². The van der Waals surface area contributed by atoms with E-state index in [0.29, 0.717) is 5.56 Å². The second-order valence-corrected chi connectivity index (χ2v) is 5.69. The van der Waals surface area contributed by atoms with Crippen LogP contribution in [0, 0.1) is 5.82 Å². The van der Waals surface area contributed by atoms with Gasteiger partial charge in [-0.3, -0.25) is 4.90 Å². The van der Waals surface area contributed by atoms with Gasteiger partial charge in [0.05, 0.1) is 13.1 Å². The summed E-state index contributed by atoms with van der Waals surface area (Å²) in [6, 6.07) is 4.00. The first-order chi connectivity index (χ1) is 9.24. The lowest BCUT2D eigenvalue weighted by Gasteiger charge is -2.26. The molecule has 0 spiro atoms. The first-order valence-corrected chi connectivity index (χ1v) is 6.36. The van der Waals surface area contributed by atoms with Crippen LogP contribution in [0.25, 0.3) is 0 Å². The zero-order chi connectivity index (χ0) is 14.9. The molecule has 1 unspecified atom stereocenters. The van der Waals surface area contributed by atoms with Crippen LogP contribution in [0.15, 0.2) is 18.2 Å². The van der Waals surface area contributed by atoms with Crippen molar-refractivity contribution in [1.29, 1.82) is 0 Å². The summed E-state index contributed by atoms with van der Waals surface area (Å²) >= 11 is 0. The maximum atomic E-state index is 13.2. The summed E-state index contributed by atoms with van der Waals surface area (Å²) in [4.78, 5) is 13.4. The number of amides is 1. The van der Waals surface area contributed by atoms with Gasteiger partial charge in [-0.15, -0.1) is 0 Å². The Kier molecular flexibility index (Phi) is 3.85. The fourth-order valence-corrected chi connectivity index (χ4v) is 1.88. The van der Waals surface area contributed by atoms with Crippen LogP contribution in [-0.4, -0.2) is 34.5 Å². The zero-order valence-corrected chi connectivity index (χ0v) is 11.7. The van der Waals surface area contributed by atoms with Crippen molar-refractivity contribution in [3.63, 3.8) is 0 Å². The molecular formula is C14H18FNO4. The van der Waals surface area contributed by atoms with Crippen LogP contribution in [0.4, 0.5) is 9.18 Å². The number of carbonyl (C=O) groups excluding carboxylic acids is 1. The lowest BCUT2D eigenvalue weighted by Crippen LogP contribution is -2.40. The molecule has 0 saturated heterocycles. The molecule has 20 heavy (non-hydrogen) atoms. The Bertz CT molecular complexity index is 512. The highest BCUT2D eigenvalue weighted by atomic mass is 19.1. The number of ether oxygens (including phenoxy) is 2. The minimum atomic E-state index is -1.22. The number of fused-ring (bicyclic) bond motifs is 1. The standard InChI is InChI=1S/C14H18FNO4/c1-14(2,3)20-13(18)16-7-9-4-5-10(15)6-11(9)19-12(17)8-16/h4-6,12,17H,7-8H2,1-3H3. The summed E-state index contributed by atoms with van der Waals surface area (Å²) < 4.78 is 23.6. The van der Waals surface area contributed by atoms with Gasteiger partial charge in [-0.05, 0) is 26.8 Å². The van der Waals surface area contributed by atoms with E-state index >= 15 is 0 Å². The average molecular weight is 283 g/mol. The predicted octanol–water partition coefficient (Wildman–Crippen LogP) is 2.27. The van der Waals surface area contributed by atoms with Gasteiger partial charge in [0, 0.05) is 11.6 Å². The molecule has 1 aromatic carbocycles. The van der Waals surface area contributed by atoms with E-state index in [9.17, 15) is 14.3 Å². The number of β-amino-alcohol motifs (C(OH)–C–C–N with tert-alkyl or cyclic N) is 1. The van der Waals surface area contributed by atoms with Crippen molar-refractivity contribution in [2.24, 2.45) is 0 Å². The maximum Gasteiger partial charge on any atom is 0.410 e. The number of hydrogen-bond acceptors (Lipinski definition) is 4.